The number of hydrogen-bond acceptors (Lipinski definition) is 5. The molecule has 0 radical (unpaired) electrons. The van der Waals surface area contributed by atoms with Gasteiger partial charge in [-0.1, -0.05) is 24.8 Å². The highest BCUT2D eigenvalue weighted by atomic mass is 32.1. The number of pyridine rings is 1. The van der Waals surface area contributed by atoms with E-state index < -0.39 is 0 Å². The van der Waals surface area contributed by atoms with E-state index in [2.05, 4.69) is 23.4 Å². The fourth-order valence-electron chi connectivity index (χ4n) is 5.10. The lowest BCUT2D eigenvalue weighted by Gasteiger charge is -2.46. The lowest BCUT2D eigenvalue weighted by molar-refractivity contribution is -0.104. The van der Waals surface area contributed by atoms with Gasteiger partial charge in [0.1, 0.15) is 5.75 Å². The first-order chi connectivity index (χ1) is 14.2. The molecular formula is C24H30N2O2S. The fourth-order valence-corrected chi connectivity index (χ4v) is 6.01. The second kappa shape index (κ2) is 8.87. The summed E-state index contributed by atoms with van der Waals surface area (Å²) in [6.07, 6.45) is 15.6. The van der Waals surface area contributed by atoms with E-state index in [9.17, 15) is 0 Å². The third kappa shape index (κ3) is 4.35. The van der Waals surface area contributed by atoms with Crippen LogP contribution in [0.25, 0.3) is 0 Å². The second-order valence-corrected chi connectivity index (χ2v) is 9.47. The van der Waals surface area contributed by atoms with Crippen molar-refractivity contribution in [3.63, 3.8) is 0 Å². The van der Waals surface area contributed by atoms with E-state index in [1.807, 2.05) is 18.3 Å². The molecule has 0 aromatic carbocycles. The van der Waals surface area contributed by atoms with E-state index in [1.165, 1.54) is 31.4 Å². The van der Waals surface area contributed by atoms with E-state index in [-0.39, 0.29) is 11.0 Å². The van der Waals surface area contributed by atoms with E-state index >= 15 is 0 Å². The number of terminal acetylenes is 1. The monoisotopic (exact) mass is 410 g/mol. The predicted molar refractivity (Wildman–Crippen MR) is 117 cm³/mol. The number of ether oxygens (including phenoxy) is 2. The number of nitrogens with zero attached hydrogens (tertiary/aromatic N) is 1. The molecule has 1 unspecified atom stereocenters. The zero-order valence-electron chi connectivity index (χ0n) is 17.2. The van der Waals surface area contributed by atoms with Crippen LogP contribution in [0, 0.1) is 12.3 Å². The summed E-state index contributed by atoms with van der Waals surface area (Å²) < 4.78 is 11.8. The lowest BCUT2D eigenvalue weighted by atomic mass is 9.68. The quantitative estimate of drug-likeness (QED) is 0.532. The molecule has 29 heavy (non-hydrogen) atoms. The summed E-state index contributed by atoms with van der Waals surface area (Å²) in [5.74, 6) is 3.59. The zero-order valence-corrected chi connectivity index (χ0v) is 18.0. The molecule has 0 bridgehead atoms. The highest BCUT2D eigenvalue weighted by molar-refractivity contribution is 7.12. The van der Waals surface area contributed by atoms with Crippen molar-refractivity contribution in [3.8, 4) is 18.1 Å². The minimum Gasteiger partial charge on any atom is -0.495 e. The van der Waals surface area contributed by atoms with Gasteiger partial charge in [0.15, 0.2) is 0 Å². The normalized spacial score (nSPS) is 23.2. The van der Waals surface area contributed by atoms with Gasteiger partial charge in [0.05, 0.1) is 22.5 Å². The molecule has 1 atom stereocenters. The van der Waals surface area contributed by atoms with Crippen LogP contribution in [0.3, 0.4) is 0 Å². The fraction of sp³-hybridized carbons (Fsp3) is 0.542. The first-order valence-corrected chi connectivity index (χ1v) is 11.4. The van der Waals surface area contributed by atoms with Crippen LogP contribution in [0.15, 0.2) is 30.5 Å². The highest BCUT2D eigenvalue weighted by Gasteiger charge is 2.48. The van der Waals surface area contributed by atoms with Gasteiger partial charge in [0.25, 0.3) is 0 Å². The van der Waals surface area contributed by atoms with Crippen molar-refractivity contribution in [1.82, 2.24) is 10.3 Å². The topological polar surface area (TPSA) is 43.4 Å². The summed E-state index contributed by atoms with van der Waals surface area (Å²) in [6.45, 7) is 2.54. The Labute approximate surface area is 178 Å². The third-order valence-electron chi connectivity index (χ3n) is 6.57. The summed E-state index contributed by atoms with van der Waals surface area (Å²) >= 11 is 1.62. The van der Waals surface area contributed by atoms with Gasteiger partial charge in [-0.3, -0.25) is 4.98 Å². The average molecular weight is 411 g/mol. The molecule has 3 heterocycles. The summed E-state index contributed by atoms with van der Waals surface area (Å²) in [5.41, 5.74) is 1.37. The van der Waals surface area contributed by atoms with Crippen LogP contribution in [0.1, 0.15) is 60.4 Å². The largest absolute Gasteiger partial charge is 0.495 e. The molecule has 4 nitrogen and oxygen atoms in total. The van der Waals surface area contributed by atoms with E-state index in [0.717, 1.165) is 54.5 Å². The molecule has 4 rings (SSSR count). The smallest absolute Gasteiger partial charge is 0.135 e. The van der Waals surface area contributed by atoms with Crippen LogP contribution in [0.5, 0.6) is 5.75 Å². The Hall–Kier alpha value is -1.87. The Morgan fingerprint density at radius 2 is 2.17 bits per heavy atom. The molecule has 2 aromatic heterocycles. The van der Waals surface area contributed by atoms with Gasteiger partial charge in [-0.2, -0.15) is 0 Å². The maximum absolute atomic E-state index is 6.34. The summed E-state index contributed by atoms with van der Waals surface area (Å²) in [7, 11) is 1.70. The van der Waals surface area contributed by atoms with E-state index in [1.54, 1.807) is 18.4 Å². The van der Waals surface area contributed by atoms with E-state index in [4.69, 9.17) is 20.9 Å². The molecule has 154 valence electrons. The summed E-state index contributed by atoms with van der Waals surface area (Å²) in [6, 6.07) is 8.27. The zero-order chi connectivity index (χ0) is 20.2. The van der Waals surface area contributed by atoms with Crippen LogP contribution in [-0.4, -0.2) is 30.8 Å². The van der Waals surface area contributed by atoms with Crippen LogP contribution >= 0.6 is 11.3 Å². The Bertz CT molecular complexity index is 852. The molecule has 1 saturated heterocycles. The molecule has 2 aromatic rings. The minimum atomic E-state index is 0.0639. The van der Waals surface area contributed by atoms with Crippen molar-refractivity contribution in [3.05, 3.63) is 45.9 Å². The van der Waals surface area contributed by atoms with Gasteiger partial charge in [0, 0.05) is 36.5 Å². The molecular weight excluding hydrogens is 380 g/mol. The van der Waals surface area contributed by atoms with Gasteiger partial charge in [-0.25, -0.2) is 0 Å². The molecule has 2 aliphatic rings. The first-order valence-electron chi connectivity index (χ1n) is 10.6. The molecule has 1 saturated carbocycles. The highest BCUT2D eigenvalue weighted by Crippen LogP contribution is 2.49. The molecule has 1 aliphatic heterocycles. The molecule has 0 amide bonds. The van der Waals surface area contributed by atoms with Crippen molar-refractivity contribution >= 4 is 11.3 Å². The van der Waals surface area contributed by atoms with Gasteiger partial charge in [-0.15, -0.1) is 17.8 Å². The Kier molecular flexibility index (Phi) is 6.24. The van der Waals surface area contributed by atoms with Crippen molar-refractivity contribution in [2.45, 2.75) is 62.5 Å². The van der Waals surface area contributed by atoms with Crippen LogP contribution in [0.2, 0.25) is 0 Å². The van der Waals surface area contributed by atoms with Gasteiger partial charge in [-0.05, 0) is 50.8 Å². The van der Waals surface area contributed by atoms with Crippen LogP contribution in [0.4, 0.5) is 0 Å². The Balaban J connectivity index is 1.46. The predicted octanol–water partition coefficient (Wildman–Crippen LogP) is 4.67. The first kappa shape index (κ1) is 20.4. The van der Waals surface area contributed by atoms with Gasteiger partial charge >= 0.3 is 0 Å². The number of nitrogens with one attached hydrogen (secondary N) is 1. The van der Waals surface area contributed by atoms with Crippen molar-refractivity contribution in [2.75, 3.05) is 20.3 Å². The van der Waals surface area contributed by atoms with Gasteiger partial charge < -0.3 is 14.8 Å². The van der Waals surface area contributed by atoms with Crippen molar-refractivity contribution in [1.29, 1.82) is 0 Å². The Morgan fingerprint density at radius 3 is 2.90 bits per heavy atom. The second-order valence-electron chi connectivity index (χ2n) is 8.33. The third-order valence-corrected chi connectivity index (χ3v) is 7.62. The maximum atomic E-state index is 6.34. The minimum absolute atomic E-state index is 0.0639. The van der Waals surface area contributed by atoms with E-state index in [0.29, 0.717) is 0 Å². The molecule has 5 heteroatoms. The number of hydrogen-bond donors (Lipinski definition) is 1. The molecule has 1 N–H and O–H groups in total. The maximum Gasteiger partial charge on any atom is 0.135 e. The number of aromatic nitrogens is 1. The van der Waals surface area contributed by atoms with Crippen molar-refractivity contribution < 1.29 is 9.47 Å². The lowest BCUT2D eigenvalue weighted by Crippen LogP contribution is -2.47. The molecule has 1 aliphatic carbocycles. The Morgan fingerprint density at radius 1 is 1.31 bits per heavy atom. The van der Waals surface area contributed by atoms with Crippen LogP contribution < -0.4 is 10.1 Å². The van der Waals surface area contributed by atoms with Crippen LogP contribution in [-0.2, 0) is 16.7 Å². The summed E-state index contributed by atoms with van der Waals surface area (Å²) in [4.78, 5) is 6.86. The molecule has 2 fully saturated rings. The summed E-state index contributed by atoms with van der Waals surface area (Å²) in [5, 5.41) is 3.63. The number of rotatable bonds is 7. The molecule has 1 spiro atoms. The average Bonchev–Trinajstić information content (AvgIpc) is 3.38. The van der Waals surface area contributed by atoms with Gasteiger partial charge in [0.2, 0.25) is 0 Å². The standard InChI is InChI=1S/C24H30N2O2S/c1-3-19-16-20(27-2)21(29-19)17-25-14-11-23(22-8-4-7-13-26-22)12-15-28-24(18-23)9-5-6-10-24/h1,4,7-8,13,16,25H,5-6,9-12,14-15,17-18H2,2H3. The SMILES string of the molecule is C#Cc1cc(OC)c(CNCCC2(c3ccccn3)CCOC3(CCCC3)C2)s1. The number of methoxy groups -OCH3 is 1. The number of thiophene rings is 1. The van der Waals surface area contributed by atoms with Crippen molar-refractivity contribution in [2.24, 2.45) is 0 Å².